The minimum absolute atomic E-state index is 0.0787. The van der Waals surface area contributed by atoms with E-state index >= 15 is 0 Å². The molecule has 60 valence electrons. The first-order chi connectivity index (χ1) is 4.66. The molecule has 0 amide bonds. The minimum atomic E-state index is 0.0787. The lowest BCUT2D eigenvalue weighted by molar-refractivity contribution is 0.249. The van der Waals surface area contributed by atoms with E-state index in [1.54, 1.807) is 0 Å². The van der Waals surface area contributed by atoms with Crippen molar-refractivity contribution in [2.45, 2.75) is 20.0 Å². The van der Waals surface area contributed by atoms with Gasteiger partial charge in [-0.3, -0.25) is 0 Å². The van der Waals surface area contributed by atoms with Gasteiger partial charge in [-0.1, -0.05) is 0 Å². The van der Waals surface area contributed by atoms with Crippen molar-refractivity contribution in [2.75, 3.05) is 20.6 Å². The summed E-state index contributed by atoms with van der Waals surface area (Å²) in [4.78, 5) is 0. The lowest BCUT2D eigenvalue weighted by Crippen LogP contribution is -2.36. The molecule has 0 aliphatic carbocycles. The summed E-state index contributed by atoms with van der Waals surface area (Å²) in [6, 6.07) is 0. The third-order valence-corrected chi connectivity index (χ3v) is 0.841. The van der Waals surface area contributed by atoms with Crippen LogP contribution in [0.5, 0.6) is 0 Å². The topological polar surface area (TPSA) is 40.0 Å². The Morgan fingerprint density at radius 1 is 1.50 bits per heavy atom. The summed E-state index contributed by atoms with van der Waals surface area (Å²) in [5, 5.41) is 9.68. The SMILES string of the molecule is CCN=N[C@@H](C)NN(C)C. The summed E-state index contributed by atoms with van der Waals surface area (Å²) in [7, 11) is 3.86. The molecule has 4 heteroatoms. The van der Waals surface area contributed by atoms with Gasteiger partial charge in [0.2, 0.25) is 0 Å². The molecular weight excluding hydrogens is 128 g/mol. The largest absolute Gasteiger partial charge is 0.249 e. The van der Waals surface area contributed by atoms with Gasteiger partial charge in [-0.2, -0.15) is 10.2 Å². The molecule has 0 aromatic heterocycles. The van der Waals surface area contributed by atoms with Crippen molar-refractivity contribution in [1.29, 1.82) is 0 Å². The Balaban J connectivity index is 3.42. The zero-order valence-electron chi connectivity index (χ0n) is 7.13. The van der Waals surface area contributed by atoms with E-state index < -0.39 is 0 Å². The highest BCUT2D eigenvalue weighted by atomic mass is 15.5. The molecule has 0 saturated heterocycles. The van der Waals surface area contributed by atoms with Crippen LogP contribution in [0.2, 0.25) is 0 Å². The summed E-state index contributed by atoms with van der Waals surface area (Å²) in [5.41, 5.74) is 3.05. The molecule has 0 unspecified atom stereocenters. The van der Waals surface area contributed by atoms with Gasteiger partial charge in [-0.15, -0.1) is 0 Å². The number of hydrogen-bond acceptors (Lipinski definition) is 4. The number of nitrogens with zero attached hydrogens (tertiary/aromatic N) is 3. The summed E-state index contributed by atoms with van der Waals surface area (Å²) in [6.45, 7) is 4.67. The van der Waals surface area contributed by atoms with Gasteiger partial charge >= 0.3 is 0 Å². The fraction of sp³-hybridized carbons (Fsp3) is 1.00. The minimum Gasteiger partial charge on any atom is -0.249 e. The van der Waals surface area contributed by atoms with Gasteiger partial charge in [0.05, 0.1) is 6.54 Å². The molecule has 1 atom stereocenters. The predicted molar refractivity (Wildman–Crippen MR) is 41.7 cm³/mol. The lowest BCUT2D eigenvalue weighted by atomic mass is 10.6. The molecule has 0 aromatic rings. The fourth-order valence-electron chi connectivity index (χ4n) is 0.604. The van der Waals surface area contributed by atoms with Crippen molar-refractivity contribution in [3.63, 3.8) is 0 Å². The smallest absolute Gasteiger partial charge is 0.130 e. The van der Waals surface area contributed by atoms with Crippen molar-refractivity contribution in [3.8, 4) is 0 Å². The van der Waals surface area contributed by atoms with Crippen LogP contribution in [0.1, 0.15) is 13.8 Å². The van der Waals surface area contributed by atoms with Crippen molar-refractivity contribution >= 4 is 0 Å². The quantitative estimate of drug-likeness (QED) is 0.470. The molecular formula is C6H16N4. The van der Waals surface area contributed by atoms with Crippen LogP contribution in [0.15, 0.2) is 10.2 Å². The standard InChI is InChI=1S/C6H16N4/c1-5-7-8-6(2)9-10(3)4/h6,9H,5H2,1-4H3/t6-/m1/s1. The average molecular weight is 144 g/mol. The molecule has 0 aliphatic heterocycles. The van der Waals surface area contributed by atoms with Gasteiger partial charge in [0, 0.05) is 14.1 Å². The van der Waals surface area contributed by atoms with Gasteiger partial charge in [0.15, 0.2) is 0 Å². The van der Waals surface area contributed by atoms with Gasteiger partial charge in [-0.05, 0) is 13.8 Å². The molecule has 0 bridgehead atoms. The molecule has 0 fully saturated rings. The van der Waals surface area contributed by atoms with E-state index in [2.05, 4.69) is 15.7 Å². The van der Waals surface area contributed by atoms with E-state index in [0.29, 0.717) is 0 Å². The van der Waals surface area contributed by atoms with E-state index in [-0.39, 0.29) is 6.17 Å². The Hall–Kier alpha value is -0.480. The van der Waals surface area contributed by atoms with E-state index in [1.165, 1.54) is 0 Å². The lowest BCUT2D eigenvalue weighted by Gasteiger charge is -2.14. The van der Waals surface area contributed by atoms with Crippen LogP contribution in [0.3, 0.4) is 0 Å². The van der Waals surface area contributed by atoms with Gasteiger partial charge in [0.25, 0.3) is 0 Å². The van der Waals surface area contributed by atoms with Gasteiger partial charge in [0.1, 0.15) is 6.17 Å². The van der Waals surface area contributed by atoms with E-state index in [4.69, 9.17) is 0 Å². The molecule has 1 N–H and O–H groups in total. The summed E-state index contributed by atoms with van der Waals surface area (Å²) >= 11 is 0. The molecule has 4 nitrogen and oxygen atoms in total. The second kappa shape index (κ2) is 5.32. The Bertz CT molecular complexity index is 99.9. The molecule has 0 saturated carbocycles. The van der Waals surface area contributed by atoms with Crippen molar-refractivity contribution in [3.05, 3.63) is 0 Å². The summed E-state index contributed by atoms with van der Waals surface area (Å²) < 4.78 is 0. The molecule has 10 heavy (non-hydrogen) atoms. The number of hydrogen-bond donors (Lipinski definition) is 1. The number of hydrazine groups is 1. The first-order valence-electron chi connectivity index (χ1n) is 3.47. The van der Waals surface area contributed by atoms with E-state index in [1.807, 2.05) is 33.0 Å². The maximum Gasteiger partial charge on any atom is 0.130 e. The van der Waals surface area contributed by atoms with E-state index in [9.17, 15) is 0 Å². The maximum atomic E-state index is 3.96. The fourth-order valence-corrected chi connectivity index (χ4v) is 0.604. The maximum absolute atomic E-state index is 3.96. The monoisotopic (exact) mass is 144 g/mol. The number of azo groups is 1. The second-order valence-electron chi connectivity index (χ2n) is 2.27. The Labute approximate surface area is 62.3 Å². The summed E-state index contributed by atoms with van der Waals surface area (Å²) in [6.07, 6.45) is 0.0787. The normalized spacial score (nSPS) is 14.9. The molecule has 0 spiro atoms. The van der Waals surface area contributed by atoms with Crippen LogP contribution in [0.25, 0.3) is 0 Å². The van der Waals surface area contributed by atoms with Crippen LogP contribution in [0, 0.1) is 0 Å². The third kappa shape index (κ3) is 5.65. The first-order valence-corrected chi connectivity index (χ1v) is 3.47. The molecule has 0 rings (SSSR count). The zero-order valence-corrected chi connectivity index (χ0v) is 7.13. The van der Waals surface area contributed by atoms with Crippen LogP contribution >= 0.6 is 0 Å². The van der Waals surface area contributed by atoms with Crippen LogP contribution in [-0.2, 0) is 0 Å². The van der Waals surface area contributed by atoms with Crippen LogP contribution in [0.4, 0.5) is 0 Å². The Kier molecular flexibility index (Phi) is 5.06. The average Bonchev–Trinajstić information content (AvgIpc) is 1.82. The zero-order chi connectivity index (χ0) is 7.98. The number of nitrogens with one attached hydrogen (secondary N) is 1. The highest BCUT2D eigenvalue weighted by molar-refractivity contribution is 4.48. The summed E-state index contributed by atoms with van der Waals surface area (Å²) in [5.74, 6) is 0. The first kappa shape index (κ1) is 9.52. The number of rotatable bonds is 4. The van der Waals surface area contributed by atoms with E-state index in [0.717, 1.165) is 6.54 Å². The van der Waals surface area contributed by atoms with Crippen molar-refractivity contribution in [2.24, 2.45) is 10.2 Å². The molecule has 0 aliphatic rings. The highest BCUT2D eigenvalue weighted by Crippen LogP contribution is 1.85. The Morgan fingerprint density at radius 3 is 2.50 bits per heavy atom. The third-order valence-electron chi connectivity index (χ3n) is 0.841. The Morgan fingerprint density at radius 2 is 2.10 bits per heavy atom. The highest BCUT2D eigenvalue weighted by Gasteiger charge is 1.96. The molecule has 0 radical (unpaired) electrons. The molecule has 0 heterocycles. The van der Waals surface area contributed by atoms with Crippen LogP contribution < -0.4 is 5.43 Å². The van der Waals surface area contributed by atoms with Crippen LogP contribution in [-0.4, -0.2) is 31.8 Å². The second-order valence-corrected chi connectivity index (χ2v) is 2.27. The van der Waals surface area contributed by atoms with Gasteiger partial charge in [-0.25, -0.2) is 10.4 Å². The van der Waals surface area contributed by atoms with Gasteiger partial charge < -0.3 is 0 Å². The van der Waals surface area contributed by atoms with Crippen molar-refractivity contribution < 1.29 is 0 Å². The molecule has 0 aromatic carbocycles. The predicted octanol–water partition coefficient (Wildman–Crippen LogP) is 0.871. The van der Waals surface area contributed by atoms with Crippen molar-refractivity contribution in [1.82, 2.24) is 10.4 Å².